The molecule has 1 aliphatic rings. The fraction of sp³-hybridized carbons (Fsp3) is 0.222. The molecular formula is C18H15F3N3O4+. The number of alkyl halides is 3. The Labute approximate surface area is 157 Å². The van der Waals surface area contributed by atoms with E-state index in [-0.39, 0.29) is 30.0 Å². The number of carbonyl (C=O) groups excluding carboxylic acids is 2. The number of carbonyl (C=O) groups is 2. The molecule has 28 heavy (non-hydrogen) atoms. The van der Waals surface area contributed by atoms with E-state index in [4.69, 9.17) is 0 Å². The van der Waals surface area contributed by atoms with Crippen molar-refractivity contribution in [3.8, 4) is 0 Å². The molecule has 0 aromatic heterocycles. The molecule has 2 amide bonds. The van der Waals surface area contributed by atoms with E-state index in [2.05, 4.69) is 0 Å². The first kappa shape index (κ1) is 19.5. The van der Waals surface area contributed by atoms with E-state index in [0.29, 0.717) is 10.5 Å². The van der Waals surface area contributed by atoms with Gasteiger partial charge in [-0.25, -0.2) is 4.90 Å². The molecule has 1 heterocycles. The van der Waals surface area contributed by atoms with E-state index < -0.39 is 28.5 Å². The lowest BCUT2D eigenvalue weighted by Gasteiger charge is -2.20. The number of quaternary nitrogens is 1. The molecular weight excluding hydrogens is 379 g/mol. The maximum atomic E-state index is 12.6. The Balaban J connectivity index is 1.70. The number of imide groups is 1. The summed E-state index contributed by atoms with van der Waals surface area (Å²) < 4.78 is 37.9. The second-order valence-corrected chi connectivity index (χ2v) is 6.51. The summed E-state index contributed by atoms with van der Waals surface area (Å²) in [7, 11) is 1.68. The molecule has 2 aromatic carbocycles. The van der Waals surface area contributed by atoms with Crippen LogP contribution in [0.4, 0.5) is 18.9 Å². The summed E-state index contributed by atoms with van der Waals surface area (Å²) in [5, 5.41) is 10.9. The quantitative estimate of drug-likeness (QED) is 0.477. The monoisotopic (exact) mass is 394 g/mol. The summed E-state index contributed by atoms with van der Waals surface area (Å²) in [4.78, 5) is 36.8. The third kappa shape index (κ3) is 3.72. The number of benzene rings is 2. The van der Waals surface area contributed by atoms with Gasteiger partial charge in [0.05, 0.1) is 28.7 Å². The van der Waals surface area contributed by atoms with Gasteiger partial charge in [-0.2, -0.15) is 13.2 Å². The molecule has 0 fully saturated rings. The molecule has 0 spiro atoms. The van der Waals surface area contributed by atoms with Crippen molar-refractivity contribution in [3.63, 3.8) is 0 Å². The maximum Gasteiger partial charge on any atom is 0.416 e. The average Bonchev–Trinajstić information content (AvgIpc) is 2.86. The Morgan fingerprint density at radius 2 is 1.64 bits per heavy atom. The zero-order chi connectivity index (χ0) is 20.6. The van der Waals surface area contributed by atoms with Crippen LogP contribution in [-0.2, 0) is 12.7 Å². The molecule has 3 rings (SSSR count). The highest BCUT2D eigenvalue weighted by Gasteiger charge is 2.38. The Kier molecular flexibility index (Phi) is 4.90. The predicted octanol–water partition coefficient (Wildman–Crippen LogP) is 1.88. The number of hydrogen-bond donors (Lipinski definition) is 1. The third-order valence-electron chi connectivity index (χ3n) is 4.38. The van der Waals surface area contributed by atoms with Crippen molar-refractivity contribution in [3.05, 3.63) is 74.8 Å². The first-order valence-electron chi connectivity index (χ1n) is 8.20. The van der Waals surface area contributed by atoms with Crippen molar-refractivity contribution in [1.82, 2.24) is 4.90 Å². The highest BCUT2D eigenvalue weighted by molar-refractivity contribution is 6.21. The summed E-state index contributed by atoms with van der Waals surface area (Å²) in [5.41, 5.74) is -0.361. The number of non-ortho nitro benzene ring substituents is 1. The number of fused-ring (bicyclic) bond motifs is 1. The van der Waals surface area contributed by atoms with E-state index in [1.54, 1.807) is 7.05 Å². The van der Waals surface area contributed by atoms with Crippen LogP contribution in [0.25, 0.3) is 0 Å². The molecule has 0 saturated carbocycles. The summed E-state index contributed by atoms with van der Waals surface area (Å²) in [6, 6.07) is 8.12. The molecule has 7 nitrogen and oxygen atoms in total. The largest absolute Gasteiger partial charge is 0.416 e. The van der Waals surface area contributed by atoms with Gasteiger partial charge in [-0.05, 0) is 18.2 Å². The Bertz CT molecular complexity index is 958. The normalized spacial score (nSPS) is 14.9. The minimum absolute atomic E-state index is 0.0264. The van der Waals surface area contributed by atoms with Crippen LogP contribution in [-0.4, -0.2) is 35.4 Å². The summed E-state index contributed by atoms with van der Waals surface area (Å²) in [5.74, 6) is -1.18. The number of nitrogens with zero attached hydrogens (tertiary/aromatic N) is 2. The van der Waals surface area contributed by atoms with Gasteiger partial charge in [-0.3, -0.25) is 19.7 Å². The first-order valence-corrected chi connectivity index (χ1v) is 8.20. The molecule has 0 radical (unpaired) electrons. The number of halogens is 3. The standard InChI is InChI=1S/C18H14F3N3O4/c1-22(9-11-2-4-12(5-3-11)18(19,20)21)10-23-16(25)14-7-6-13(24(27)28)8-15(14)17(23)26/h2-8H,9-10H2,1H3/p+1. The molecule has 1 atom stereocenters. The number of rotatable bonds is 5. The van der Waals surface area contributed by atoms with Gasteiger partial charge >= 0.3 is 6.18 Å². The van der Waals surface area contributed by atoms with Crippen LogP contribution in [0.1, 0.15) is 31.8 Å². The van der Waals surface area contributed by atoms with Crippen LogP contribution < -0.4 is 4.90 Å². The van der Waals surface area contributed by atoms with Crippen LogP contribution in [0.15, 0.2) is 42.5 Å². The lowest BCUT2D eigenvalue weighted by atomic mass is 10.1. The van der Waals surface area contributed by atoms with Crippen molar-refractivity contribution in [2.24, 2.45) is 0 Å². The van der Waals surface area contributed by atoms with Crippen LogP contribution in [0, 0.1) is 10.1 Å². The minimum atomic E-state index is -4.42. The third-order valence-corrected chi connectivity index (χ3v) is 4.38. The molecule has 0 saturated heterocycles. The number of nitro groups is 1. The van der Waals surface area contributed by atoms with Gasteiger partial charge in [0.2, 0.25) is 0 Å². The highest BCUT2D eigenvalue weighted by atomic mass is 19.4. The molecule has 10 heteroatoms. The van der Waals surface area contributed by atoms with E-state index in [1.807, 2.05) is 0 Å². The fourth-order valence-corrected chi connectivity index (χ4v) is 3.02. The highest BCUT2D eigenvalue weighted by Crippen LogP contribution is 2.29. The van der Waals surface area contributed by atoms with Crippen LogP contribution in [0.2, 0.25) is 0 Å². The summed E-state index contributed by atoms with van der Waals surface area (Å²) in [6.45, 7) is 0.257. The number of amides is 2. The van der Waals surface area contributed by atoms with Crippen molar-refractivity contribution >= 4 is 17.5 Å². The van der Waals surface area contributed by atoms with Crippen molar-refractivity contribution in [2.75, 3.05) is 13.7 Å². The second-order valence-electron chi connectivity index (χ2n) is 6.51. The molecule has 146 valence electrons. The predicted molar refractivity (Wildman–Crippen MR) is 90.5 cm³/mol. The molecule has 1 unspecified atom stereocenters. The van der Waals surface area contributed by atoms with Crippen molar-refractivity contribution in [1.29, 1.82) is 0 Å². The minimum Gasteiger partial charge on any atom is -0.316 e. The van der Waals surface area contributed by atoms with Crippen LogP contribution in [0.5, 0.6) is 0 Å². The molecule has 0 aliphatic carbocycles. The molecule has 2 aromatic rings. The zero-order valence-corrected chi connectivity index (χ0v) is 14.6. The molecule has 0 bridgehead atoms. The topological polar surface area (TPSA) is 85.0 Å². The smallest absolute Gasteiger partial charge is 0.316 e. The van der Waals surface area contributed by atoms with Crippen LogP contribution >= 0.6 is 0 Å². The number of nitro benzene ring substituents is 1. The first-order chi connectivity index (χ1) is 13.1. The van der Waals surface area contributed by atoms with Gasteiger partial charge in [0.25, 0.3) is 17.5 Å². The Morgan fingerprint density at radius 3 is 2.21 bits per heavy atom. The average molecular weight is 394 g/mol. The lowest BCUT2D eigenvalue weighted by Crippen LogP contribution is -3.09. The molecule has 1 aliphatic heterocycles. The van der Waals surface area contributed by atoms with Crippen molar-refractivity contribution < 1.29 is 32.6 Å². The van der Waals surface area contributed by atoms with Gasteiger partial charge in [-0.1, -0.05) is 12.1 Å². The fourth-order valence-electron chi connectivity index (χ4n) is 3.02. The van der Waals surface area contributed by atoms with Crippen molar-refractivity contribution in [2.45, 2.75) is 12.7 Å². The SMILES string of the molecule is C[NH+](Cc1ccc(C(F)(F)F)cc1)CN1C(=O)c2ccc([N+](=O)[O-])cc2C1=O. The van der Waals surface area contributed by atoms with E-state index in [9.17, 15) is 32.9 Å². The second kappa shape index (κ2) is 7.04. The lowest BCUT2D eigenvalue weighted by molar-refractivity contribution is -0.901. The molecule has 1 N–H and O–H groups in total. The Hall–Kier alpha value is -3.27. The number of nitrogens with one attached hydrogen (secondary N) is 1. The van der Waals surface area contributed by atoms with Gasteiger partial charge < -0.3 is 4.90 Å². The van der Waals surface area contributed by atoms with Gasteiger partial charge in [0.15, 0.2) is 6.67 Å². The number of hydrogen-bond acceptors (Lipinski definition) is 4. The Morgan fingerprint density at radius 1 is 1.04 bits per heavy atom. The van der Waals surface area contributed by atoms with Gasteiger partial charge in [-0.15, -0.1) is 0 Å². The van der Waals surface area contributed by atoms with Crippen LogP contribution in [0.3, 0.4) is 0 Å². The van der Waals surface area contributed by atoms with Gasteiger partial charge in [0.1, 0.15) is 6.54 Å². The van der Waals surface area contributed by atoms with E-state index in [0.717, 1.165) is 29.2 Å². The summed E-state index contributed by atoms with van der Waals surface area (Å²) >= 11 is 0. The summed E-state index contributed by atoms with van der Waals surface area (Å²) in [6.07, 6.45) is -4.42. The van der Waals surface area contributed by atoms with E-state index >= 15 is 0 Å². The zero-order valence-electron chi connectivity index (χ0n) is 14.6. The van der Waals surface area contributed by atoms with Gasteiger partial charge in [0, 0.05) is 17.7 Å². The van der Waals surface area contributed by atoms with E-state index in [1.165, 1.54) is 18.2 Å². The maximum absolute atomic E-state index is 12.6.